The molecule has 2 rings (SSSR count). The number of nitrogens with zero attached hydrogens (tertiary/aromatic N) is 1. The fourth-order valence-corrected chi connectivity index (χ4v) is 3.84. The maximum atomic E-state index is 12.8. The van der Waals surface area contributed by atoms with Gasteiger partial charge < -0.3 is 4.90 Å². The van der Waals surface area contributed by atoms with Crippen LogP contribution in [0.4, 0.5) is 0 Å². The molecule has 0 bridgehead atoms. The van der Waals surface area contributed by atoms with Crippen molar-refractivity contribution < 1.29 is 4.79 Å². The first-order chi connectivity index (χ1) is 9.15. The van der Waals surface area contributed by atoms with Crippen molar-refractivity contribution in [1.29, 1.82) is 0 Å². The number of halogens is 2. The Labute approximate surface area is 137 Å². The van der Waals surface area contributed by atoms with Gasteiger partial charge in [-0.25, -0.2) is 0 Å². The fraction of sp³-hybridized carbons (Fsp3) is 0.533. The zero-order valence-electron chi connectivity index (χ0n) is 11.2. The molecule has 0 N–H and O–H groups in total. The molecule has 1 amide bonds. The molecule has 1 aromatic carbocycles. The molecule has 1 atom stereocenters. The van der Waals surface area contributed by atoms with E-state index in [9.17, 15) is 4.79 Å². The van der Waals surface area contributed by atoms with E-state index >= 15 is 0 Å². The molecule has 1 saturated heterocycles. The number of alkyl halides is 1. The fourth-order valence-electron chi connectivity index (χ4n) is 2.57. The summed E-state index contributed by atoms with van der Waals surface area (Å²) >= 11 is 5.85. The normalized spacial score (nSPS) is 20.2. The maximum absolute atomic E-state index is 12.8. The molecule has 2 nitrogen and oxygen atoms in total. The van der Waals surface area contributed by atoms with Crippen LogP contribution in [0.25, 0.3) is 0 Å². The van der Waals surface area contributed by atoms with Crippen LogP contribution in [0.1, 0.15) is 41.6 Å². The minimum atomic E-state index is 0.194. The van der Waals surface area contributed by atoms with Gasteiger partial charge in [-0.2, -0.15) is 0 Å². The standard InChI is InChI=1S/C15H19BrINO/c1-11-6-5-8-13(14(11)17)15(19)18-9-4-2-3-7-12(18)10-16/h5-6,8,12H,2-4,7,9-10H2,1H3. The second kappa shape index (κ2) is 7.07. The van der Waals surface area contributed by atoms with Gasteiger partial charge in [0.25, 0.3) is 5.91 Å². The predicted octanol–water partition coefficient (Wildman–Crippen LogP) is 4.38. The first-order valence-electron chi connectivity index (χ1n) is 6.77. The molecule has 1 aromatic rings. The lowest BCUT2D eigenvalue weighted by Crippen LogP contribution is -2.41. The van der Waals surface area contributed by atoms with Gasteiger partial charge in [0.1, 0.15) is 0 Å². The van der Waals surface area contributed by atoms with Gasteiger partial charge in [-0.05, 0) is 54.0 Å². The highest BCUT2D eigenvalue weighted by Gasteiger charge is 2.26. The number of likely N-dealkylation sites (tertiary alicyclic amines) is 1. The Kier molecular flexibility index (Phi) is 5.69. The number of aryl methyl sites for hydroxylation is 1. The lowest BCUT2D eigenvalue weighted by molar-refractivity contribution is 0.0701. The number of carbonyl (C=O) groups excluding carboxylic acids is 1. The van der Waals surface area contributed by atoms with Crippen molar-refractivity contribution in [3.63, 3.8) is 0 Å². The molecule has 1 aliphatic rings. The molecule has 4 heteroatoms. The number of hydrogen-bond donors (Lipinski definition) is 0. The number of amides is 1. The highest BCUT2D eigenvalue weighted by molar-refractivity contribution is 14.1. The van der Waals surface area contributed by atoms with E-state index < -0.39 is 0 Å². The van der Waals surface area contributed by atoms with Crippen LogP contribution in [0.15, 0.2) is 18.2 Å². The summed E-state index contributed by atoms with van der Waals surface area (Å²) in [7, 11) is 0. The second-order valence-electron chi connectivity index (χ2n) is 5.09. The SMILES string of the molecule is Cc1cccc(C(=O)N2CCCCCC2CBr)c1I. The lowest BCUT2D eigenvalue weighted by atomic mass is 10.1. The van der Waals surface area contributed by atoms with Crippen LogP contribution in [0.2, 0.25) is 0 Å². The third-order valence-corrected chi connectivity index (χ3v) is 5.92. The molecular weight excluding hydrogens is 417 g/mol. The molecule has 0 radical (unpaired) electrons. The van der Waals surface area contributed by atoms with Gasteiger partial charge in [0, 0.05) is 21.5 Å². The van der Waals surface area contributed by atoms with E-state index in [0.29, 0.717) is 6.04 Å². The number of benzene rings is 1. The van der Waals surface area contributed by atoms with Crippen molar-refractivity contribution in [2.45, 2.75) is 38.6 Å². The summed E-state index contributed by atoms with van der Waals surface area (Å²) in [6.45, 7) is 2.95. The van der Waals surface area contributed by atoms with Crippen LogP contribution in [-0.2, 0) is 0 Å². The van der Waals surface area contributed by atoms with Crippen molar-refractivity contribution in [3.8, 4) is 0 Å². The highest BCUT2D eigenvalue weighted by Crippen LogP contribution is 2.24. The van der Waals surface area contributed by atoms with Crippen molar-refractivity contribution in [1.82, 2.24) is 4.90 Å². The Morgan fingerprint density at radius 2 is 2.21 bits per heavy atom. The smallest absolute Gasteiger partial charge is 0.255 e. The van der Waals surface area contributed by atoms with Crippen LogP contribution >= 0.6 is 38.5 Å². The Bertz CT molecular complexity index is 463. The van der Waals surface area contributed by atoms with E-state index in [2.05, 4.69) is 56.4 Å². The van der Waals surface area contributed by atoms with Gasteiger partial charge in [-0.3, -0.25) is 4.79 Å². The molecule has 0 aromatic heterocycles. The van der Waals surface area contributed by atoms with Gasteiger partial charge in [0.2, 0.25) is 0 Å². The van der Waals surface area contributed by atoms with Gasteiger partial charge in [-0.15, -0.1) is 0 Å². The van der Waals surface area contributed by atoms with E-state index in [-0.39, 0.29) is 5.91 Å². The van der Waals surface area contributed by atoms with Crippen molar-refractivity contribution in [2.24, 2.45) is 0 Å². The van der Waals surface area contributed by atoms with Gasteiger partial charge in [0.05, 0.1) is 5.56 Å². The molecule has 1 heterocycles. The quantitative estimate of drug-likeness (QED) is 0.498. The topological polar surface area (TPSA) is 20.3 Å². The van der Waals surface area contributed by atoms with Gasteiger partial charge >= 0.3 is 0 Å². The summed E-state index contributed by atoms with van der Waals surface area (Å²) < 4.78 is 1.09. The zero-order chi connectivity index (χ0) is 13.8. The van der Waals surface area contributed by atoms with Gasteiger partial charge in [-0.1, -0.05) is 40.9 Å². The summed E-state index contributed by atoms with van der Waals surface area (Å²) in [4.78, 5) is 14.9. The molecular formula is C15H19BrINO. The average Bonchev–Trinajstić information content (AvgIpc) is 2.66. The molecule has 0 saturated carbocycles. The Hall–Kier alpha value is -0.100. The van der Waals surface area contributed by atoms with E-state index in [0.717, 1.165) is 33.9 Å². The Balaban J connectivity index is 2.28. The first kappa shape index (κ1) is 15.3. The highest BCUT2D eigenvalue weighted by atomic mass is 127. The van der Waals surface area contributed by atoms with E-state index in [1.807, 2.05) is 12.1 Å². The largest absolute Gasteiger partial charge is 0.335 e. The summed E-state index contributed by atoms with van der Waals surface area (Å²) in [5.41, 5.74) is 2.03. The van der Waals surface area contributed by atoms with Crippen molar-refractivity contribution >= 4 is 44.4 Å². The molecule has 0 spiro atoms. The molecule has 1 aliphatic heterocycles. The predicted molar refractivity (Wildman–Crippen MR) is 91.0 cm³/mol. The van der Waals surface area contributed by atoms with Crippen LogP contribution in [0.5, 0.6) is 0 Å². The Morgan fingerprint density at radius 1 is 1.42 bits per heavy atom. The molecule has 0 aliphatic carbocycles. The minimum Gasteiger partial charge on any atom is -0.335 e. The molecule has 1 unspecified atom stereocenters. The second-order valence-corrected chi connectivity index (χ2v) is 6.82. The Morgan fingerprint density at radius 3 is 2.95 bits per heavy atom. The summed E-state index contributed by atoms with van der Waals surface area (Å²) in [5, 5.41) is 0.876. The first-order valence-corrected chi connectivity index (χ1v) is 8.97. The lowest BCUT2D eigenvalue weighted by Gasteiger charge is -2.29. The van der Waals surface area contributed by atoms with Crippen LogP contribution in [0.3, 0.4) is 0 Å². The van der Waals surface area contributed by atoms with Gasteiger partial charge in [0.15, 0.2) is 0 Å². The molecule has 1 fully saturated rings. The van der Waals surface area contributed by atoms with E-state index in [4.69, 9.17) is 0 Å². The number of carbonyl (C=O) groups is 1. The van der Waals surface area contributed by atoms with Crippen LogP contribution < -0.4 is 0 Å². The van der Waals surface area contributed by atoms with Crippen molar-refractivity contribution in [3.05, 3.63) is 32.9 Å². The third-order valence-electron chi connectivity index (χ3n) is 3.74. The molecule has 104 valence electrons. The van der Waals surface area contributed by atoms with Crippen LogP contribution in [0, 0.1) is 10.5 Å². The number of hydrogen-bond acceptors (Lipinski definition) is 1. The zero-order valence-corrected chi connectivity index (χ0v) is 14.9. The number of rotatable bonds is 2. The minimum absolute atomic E-state index is 0.194. The summed E-state index contributed by atoms with van der Waals surface area (Å²) in [6.07, 6.45) is 4.69. The van der Waals surface area contributed by atoms with E-state index in [1.54, 1.807) is 0 Å². The maximum Gasteiger partial charge on any atom is 0.255 e. The monoisotopic (exact) mass is 435 g/mol. The van der Waals surface area contributed by atoms with E-state index in [1.165, 1.54) is 18.4 Å². The molecule has 19 heavy (non-hydrogen) atoms. The summed E-state index contributed by atoms with van der Waals surface area (Å²) in [6, 6.07) is 6.33. The van der Waals surface area contributed by atoms with Crippen LogP contribution in [-0.4, -0.2) is 28.7 Å². The average molecular weight is 436 g/mol. The van der Waals surface area contributed by atoms with Crippen molar-refractivity contribution in [2.75, 3.05) is 11.9 Å². The summed E-state index contributed by atoms with van der Waals surface area (Å²) in [5.74, 6) is 0.194. The third kappa shape index (κ3) is 3.51.